The van der Waals surface area contributed by atoms with Crippen molar-refractivity contribution in [3.63, 3.8) is 0 Å². The molecule has 3 heterocycles. The second-order valence-electron chi connectivity index (χ2n) is 5.99. The Morgan fingerprint density at radius 2 is 2.12 bits per heavy atom. The van der Waals surface area contributed by atoms with Crippen LogP contribution in [0.1, 0.15) is 17.4 Å². The molecule has 126 valence electrons. The molecule has 24 heavy (non-hydrogen) atoms. The van der Waals surface area contributed by atoms with Crippen LogP contribution in [0.15, 0.2) is 29.0 Å². The molecule has 0 unspecified atom stereocenters. The van der Waals surface area contributed by atoms with Gasteiger partial charge in [0.1, 0.15) is 13.2 Å². The van der Waals surface area contributed by atoms with Gasteiger partial charge in [-0.05, 0) is 25.1 Å². The lowest BCUT2D eigenvalue weighted by Crippen LogP contribution is -2.51. The zero-order valence-corrected chi connectivity index (χ0v) is 13.4. The zero-order valence-electron chi connectivity index (χ0n) is 13.4. The van der Waals surface area contributed by atoms with E-state index in [2.05, 4.69) is 17.2 Å². The Bertz CT molecular complexity index is 758. The fourth-order valence-corrected chi connectivity index (χ4v) is 3.05. The van der Waals surface area contributed by atoms with E-state index in [4.69, 9.17) is 13.9 Å². The summed E-state index contributed by atoms with van der Waals surface area (Å²) in [6, 6.07) is 5.78. The summed E-state index contributed by atoms with van der Waals surface area (Å²) in [6.07, 6.45) is 1.31. The first-order chi connectivity index (χ1) is 11.7. The van der Waals surface area contributed by atoms with Crippen LogP contribution in [-0.4, -0.2) is 54.7 Å². The topological polar surface area (TPSA) is 76.8 Å². The Labute approximate surface area is 139 Å². The van der Waals surface area contributed by atoms with Gasteiger partial charge in [-0.3, -0.25) is 4.79 Å². The lowest BCUT2D eigenvalue weighted by Gasteiger charge is -2.31. The van der Waals surface area contributed by atoms with E-state index in [0.29, 0.717) is 49.3 Å². The van der Waals surface area contributed by atoms with Crippen molar-refractivity contribution in [1.82, 2.24) is 15.2 Å². The molecule has 0 bridgehead atoms. The molecular weight excluding hydrogens is 310 g/mol. The molecule has 2 aromatic rings. The highest BCUT2D eigenvalue weighted by Crippen LogP contribution is 2.35. The lowest BCUT2D eigenvalue weighted by atomic mass is 10.1. The first-order valence-electron chi connectivity index (χ1n) is 8.08. The van der Waals surface area contributed by atoms with Gasteiger partial charge in [0, 0.05) is 31.2 Å². The average molecular weight is 329 g/mol. The highest BCUT2D eigenvalue weighted by Gasteiger charge is 2.27. The van der Waals surface area contributed by atoms with Crippen molar-refractivity contribution in [3.05, 3.63) is 30.3 Å². The van der Waals surface area contributed by atoms with Gasteiger partial charge in [-0.1, -0.05) is 0 Å². The molecule has 1 N–H and O–H groups in total. The van der Waals surface area contributed by atoms with E-state index in [0.717, 1.165) is 12.1 Å². The average Bonchev–Trinajstić information content (AvgIpc) is 3.10. The van der Waals surface area contributed by atoms with Crippen LogP contribution in [0, 0.1) is 0 Å². The fraction of sp³-hybridized carbons (Fsp3) is 0.412. The molecule has 1 aromatic heterocycles. The van der Waals surface area contributed by atoms with Gasteiger partial charge in [-0.15, -0.1) is 0 Å². The maximum absolute atomic E-state index is 12.8. The number of fused-ring (bicyclic) bond motifs is 1. The molecule has 1 aromatic carbocycles. The first-order valence-corrected chi connectivity index (χ1v) is 8.08. The minimum atomic E-state index is -0.109. The number of nitrogens with zero attached hydrogens (tertiary/aromatic N) is 2. The number of nitrogens with one attached hydrogen (secondary N) is 1. The van der Waals surface area contributed by atoms with Gasteiger partial charge >= 0.3 is 0 Å². The van der Waals surface area contributed by atoms with E-state index in [-0.39, 0.29) is 11.9 Å². The number of carbonyl (C=O) groups excluding carboxylic acids is 1. The molecule has 7 nitrogen and oxygen atoms in total. The monoisotopic (exact) mass is 329 g/mol. The third kappa shape index (κ3) is 2.71. The van der Waals surface area contributed by atoms with Crippen molar-refractivity contribution in [2.45, 2.75) is 13.0 Å². The Morgan fingerprint density at radius 3 is 2.96 bits per heavy atom. The van der Waals surface area contributed by atoms with Gasteiger partial charge in [0.15, 0.2) is 29.3 Å². The molecule has 2 aliphatic rings. The van der Waals surface area contributed by atoms with Crippen LogP contribution < -0.4 is 14.8 Å². The molecule has 1 atom stereocenters. The molecule has 1 saturated heterocycles. The number of oxazole rings is 1. The third-order valence-electron chi connectivity index (χ3n) is 4.23. The van der Waals surface area contributed by atoms with Gasteiger partial charge in [0.25, 0.3) is 5.91 Å². The molecule has 0 saturated carbocycles. The minimum Gasteiger partial charge on any atom is -0.486 e. The number of aromatic nitrogens is 1. The normalized spacial score (nSPS) is 20.0. The molecule has 7 heteroatoms. The molecule has 4 rings (SSSR count). The van der Waals surface area contributed by atoms with E-state index < -0.39 is 0 Å². The first kappa shape index (κ1) is 15.0. The van der Waals surface area contributed by atoms with Crippen LogP contribution >= 0.6 is 0 Å². The number of carbonyl (C=O) groups is 1. The molecule has 2 aliphatic heterocycles. The smallest absolute Gasteiger partial charge is 0.276 e. The highest BCUT2D eigenvalue weighted by molar-refractivity contribution is 5.97. The summed E-state index contributed by atoms with van der Waals surface area (Å²) < 4.78 is 16.6. The Morgan fingerprint density at radius 1 is 1.29 bits per heavy atom. The van der Waals surface area contributed by atoms with Gasteiger partial charge in [0.2, 0.25) is 0 Å². The van der Waals surface area contributed by atoms with Crippen molar-refractivity contribution in [2.75, 3.05) is 32.8 Å². The van der Waals surface area contributed by atoms with Crippen LogP contribution in [0.5, 0.6) is 11.5 Å². The quantitative estimate of drug-likeness (QED) is 0.901. The van der Waals surface area contributed by atoms with Crippen molar-refractivity contribution < 1.29 is 18.7 Å². The maximum atomic E-state index is 12.8. The predicted molar refractivity (Wildman–Crippen MR) is 86.3 cm³/mol. The zero-order chi connectivity index (χ0) is 16.5. The van der Waals surface area contributed by atoms with Gasteiger partial charge < -0.3 is 24.1 Å². The number of ether oxygens (including phenoxy) is 2. The predicted octanol–water partition coefficient (Wildman–Crippen LogP) is 1.55. The molecular formula is C17H19N3O4. The van der Waals surface area contributed by atoms with Crippen LogP contribution in [-0.2, 0) is 0 Å². The Balaban J connectivity index is 1.64. The van der Waals surface area contributed by atoms with E-state index in [1.54, 1.807) is 4.90 Å². The second kappa shape index (κ2) is 6.16. The number of benzene rings is 1. The molecule has 1 amide bonds. The van der Waals surface area contributed by atoms with Crippen LogP contribution in [0.3, 0.4) is 0 Å². The molecule has 0 spiro atoms. The van der Waals surface area contributed by atoms with E-state index >= 15 is 0 Å². The molecule has 1 fully saturated rings. The van der Waals surface area contributed by atoms with Crippen molar-refractivity contribution in [1.29, 1.82) is 0 Å². The summed E-state index contributed by atoms with van der Waals surface area (Å²) in [5, 5.41) is 3.32. The SMILES string of the molecule is C[C@H]1CN(C(=O)c2ncoc2-c2ccc3c(c2)OCCO3)CCN1. The standard InChI is InChI=1S/C17H19N3O4/c1-11-9-20(5-4-18-11)17(21)15-16(24-10-19-15)12-2-3-13-14(8-12)23-7-6-22-13/h2-3,8,10-11,18H,4-7,9H2,1H3/t11-/m0/s1. The number of rotatable bonds is 2. The van der Waals surface area contributed by atoms with Gasteiger partial charge in [-0.25, -0.2) is 4.98 Å². The van der Waals surface area contributed by atoms with Gasteiger partial charge in [0.05, 0.1) is 0 Å². The van der Waals surface area contributed by atoms with Gasteiger partial charge in [-0.2, -0.15) is 0 Å². The summed E-state index contributed by atoms with van der Waals surface area (Å²) in [5.41, 5.74) is 1.09. The second-order valence-corrected chi connectivity index (χ2v) is 5.99. The van der Waals surface area contributed by atoms with Crippen LogP contribution in [0.4, 0.5) is 0 Å². The molecule has 0 radical (unpaired) electrons. The van der Waals surface area contributed by atoms with Crippen molar-refractivity contribution in [3.8, 4) is 22.8 Å². The number of amides is 1. The van der Waals surface area contributed by atoms with Crippen LogP contribution in [0.2, 0.25) is 0 Å². The Kier molecular flexibility index (Phi) is 3.86. The van der Waals surface area contributed by atoms with Crippen molar-refractivity contribution >= 4 is 5.91 Å². The summed E-state index contributed by atoms with van der Waals surface area (Å²) >= 11 is 0. The Hall–Kier alpha value is -2.54. The largest absolute Gasteiger partial charge is 0.486 e. The summed E-state index contributed by atoms with van der Waals surface area (Å²) in [6.45, 7) is 5.22. The number of piperazine rings is 1. The number of hydrogen-bond donors (Lipinski definition) is 1. The number of hydrogen-bond acceptors (Lipinski definition) is 6. The summed E-state index contributed by atoms with van der Waals surface area (Å²) in [4.78, 5) is 18.8. The fourth-order valence-electron chi connectivity index (χ4n) is 3.05. The van der Waals surface area contributed by atoms with Crippen LogP contribution in [0.25, 0.3) is 11.3 Å². The third-order valence-corrected chi connectivity index (χ3v) is 4.23. The minimum absolute atomic E-state index is 0.109. The molecule has 0 aliphatic carbocycles. The van der Waals surface area contributed by atoms with Crippen molar-refractivity contribution in [2.24, 2.45) is 0 Å². The highest BCUT2D eigenvalue weighted by atomic mass is 16.6. The summed E-state index contributed by atoms with van der Waals surface area (Å²) in [7, 11) is 0. The van der Waals surface area contributed by atoms with E-state index in [9.17, 15) is 4.79 Å². The maximum Gasteiger partial charge on any atom is 0.276 e. The lowest BCUT2D eigenvalue weighted by molar-refractivity contribution is 0.0704. The van der Waals surface area contributed by atoms with E-state index in [1.807, 2.05) is 18.2 Å². The summed E-state index contributed by atoms with van der Waals surface area (Å²) in [5.74, 6) is 1.71. The van der Waals surface area contributed by atoms with E-state index in [1.165, 1.54) is 6.39 Å².